The molecule has 0 radical (unpaired) electrons. The first-order chi connectivity index (χ1) is 7.70. The number of para-hydroxylation sites is 1. The van der Waals surface area contributed by atoms with Gasteiger partial charge in [0.15, 0.2) is 5.71 Å². The van der Waals surface area contributed by atoms with E-state index in [4.69, 9.17) is 9.84 Å². The van der Waals surface area contributed by atoms with Gasteiger partial charge in [-0.1, -0.05) is 17.3 Å². The number of oxime groups is 1. The monoisotopic (exact) mass is 223 g/mol. The SMILES string of the molecule is CCOc1ccccc1/C(=N\OC)C(=O)O. The second-order valence-corrected chi connectivity index (χ2v) is 2.86. The fourth-order valence-electron chi connectivity index (χ4n) is 1.24. The first-order valence-corrected chi connectivity index (χ1v) is 4.77. The number of rotatable bonds is 5. The number of carbonyl (C=O) groups is 1. The molecule has 1 N–H and O–H groups in total. The van der Waals surface area contributed by atoms with Crippen LogP contribution in [0.25, 0.3) is 0 Å². The van der Waals surface area contributed by atoms with Crippen LogP contribution in [0.2, 0.25) is 0 Å². The molecule has 0 spiro atoms. The fourth-order valence-corrected chi connectivity index (χ4v) is 1.24. The maximum Gasteiger partial charge on any atom is 0.358 e. The van der Waals surface area contributed by atoms with Crippen molar-refractivity contribution < 1.29 is 19.5 Å². The van der Waals surface area contributed by atoms with Gasteiger partial charge in [-0.05, 0) is 19.1 Å². The van der Waals surface area contributed by atoms with Gasteiger partial charge in [0.25, 0.3) is 0 Å². The third-order valence-electron chi connectivity index (χ3n) is 1.83. The van der Waals surface area contributed by atoms with E-state index in [0.29, 0.717) is 17.9 Å². The second kappa shape index (κ2) is 5.75. The minimum atomic E-state index is -1.16. The molecule has 5 heteroatoms. The van der Waals surface area contributed by atoms with Crippen molar-refractivity contribution in [2.24, 2.45) is 5.16 Å². The highest BCUT2D eigenvalue weighted by atomic mass is 16.6. The van der Waals surface area contributed by atoms with Gasteiger partial charge >= 0.3 is 5.97 Å². The molecule has 0 bridgehead atoms. The number of ether oxygens (including phenoxy) is 1. The highest BCUT2D eigenvalue weighted by molar-refractivity contribution is 6.43. The molecule has 0 saturated carbocycles. The minimum absolute atomic E-state index is 0.174. The molecular formula is C11H13NO4. The van der Waals surface area contributed by atoms with Crippen LogP contribution in [0.15, 0.2) is 29.4 Å². The van der Waals surface area contributed by atoms with Gasteiger partial charge in [-0.15, -0.1) is 0 Å². The average Bonchev–Trinajstić information content (AvgIpc) is 2.27. The number of nitrogens with zero attached hydrogens (tertiary/aromatic N) is 1. The van der Waals surface area contributed by atoms with Crippen LogP contribution in [-0.2, 0) is 9.63 Å². The molecule has 16 heavy (non-hydrogen) atoms. The molecule has 0 aromatic heterocycles. The fraction of sp³-hybridized carbons (Fsp3) is 0.273. The molecule has 0 heterocycles. The van der Waals surface area contributed by atoms with E-state index in [0.717, 1.165) is 0 Å². The number of carboxylic acids is 1. The molecule has 0 atom stereocenters. The second-order valence-electron chi connectivity index (χ2n) is 2.86. The van der Waals surface area contributed by atoms with E-state index < -0.39 is 5.97 Å². The molecular weight excluding hydrogens is 210 g/mol. The molecule has 86 valence electrons. The summed E-state index contributed by atoms with van der Waals surface area (Å²) in [5, 5.41) is 12.5. The summed E-state index contributed by atoms with van der Waals surface area (Å²) in [5.74, 6) is -0.683. The van der Waals surface area contributed by atoms with E-state index in [-0.39, 0.29) is 5.71 Å². The average molecular weight is 223 g/mol. The van der Waals surface area contributed by atoms with Crippen molar-refractivity contribution in [2.75, 3.05) is 13.7 Å². The van der Waals surface area contributed by atoms with Crippen molar-refractivity contribution in [3.05, 3.63) is 29.8 Å². The van der Waals surface area contributed by atoms with Crippen LogP contribution in [0.1, 0.15) is 12.5 Å². The first kappa shape index (κ1) is 12.0. The molecule has 5 nitrogen and oxygen atoms in total. The van der Waals surface area contributed by atoms with Crippen LogP contribution in [0, 0.1) is 0 Å². The molecule has 0 fully saturated rings. The lowest BCUT2D eigenvalue weighted by atomic mass is 10.1. The number of benzene rings is 1. The summed E-state index contributed by atoms with van der Waals surface area (Å²) in [7, 11) is 1.30. The maximum absolute atomic E-state index is 11.0. The summed E-state index contributed by atoms with van der Waals surface area (Å²) in [4.78, 5) is 15.5. The Morgan fingerprint density at radius 3 is 2.69 bits per heavy atom. The molecule has 1 aromatic rings. The van der Waals surface area contributed by atoms with Gasteiger partial charge in [0.2, 0.25) is 0 Å². The lowest BCUT2D eigenvalue weighted by molar-refractivity contribution is -0.129. The zero-order valence-electron chi connectivity index (χ0n) is 9.14. The Balaban J connectivity index is 3.18. The molecule has 1 aromatic carbocycles. The van der Waals surface area contributed by atoms with Gasteiger partial charge in [0, 0.05) is 0 Å². The summed E-state index contributed by atoms with van der Waals surface area (Å²) < 4.78 is 5.31. The van der Waals surface area contributed by atoms with Gasteiger partial charge in [0.05, 0.1) is 12.2 Å². The summed E-state index contributed by atoms with van der Waals surface area (Å²) in [5.41, 5.74) is 0.227. The Labute approximate surface area is 93.3 Å². The summed E-state index contributed by atoms with van der Waals surface area (Å²) >= 11 is 0. The lowest BCUT2D eigenvalue weighted by Crippen LogP contribution is -2.16. The van der Waals surface area contributed by atoms with E-state index in [2.05, 4.69) is 9.99 Å². The highest BCUT2D eigenvalue weighted by Crippen LogP contribution is 2.19. The van der Waals surface area contributed by atoms with Crippen LogP contribution in [0.5, 0.6) is 5.75 Å². The van der Waals surface area contributed by atoms with Crippen LogP contribution < -0.4 is 4.74 Å². The zero-order chi connectivity index (χ0) is 12.0. The predicted molar refractivity (Wildman–Crippen MR) is 58.8 cm³/mol. The molecule has 0 aliphatic rings. The summed E-state index contributed by atoms with van der Waals surface area (Å²) in [6, 6.07) is 6.79. The van der Waals surface area contributed by atoms with Crippen molar-refractivity contribution in [1.82, 2.24) is 0 Å². The predicted octanol–water partition coefficient (Wildman–Crippen LogP) is 1.52. The van der Waals surface area contributed by atoms with Crippen LogP contribution in [0.4, 0.5) is 0 Å². The smallest absolute Gasteiger partial charge is 0.358 e. The highest BCUT2D eigenvalue weighted by Gasteiger charge is 2.17. The maximum atomic E-state index is 11.0. The minimum Gasteiger partial charge on any atom is -0.493 e. The Morgan fingerprint density at radius 2 is 2.12 bits per heavy atom. The Kier molecular flexibility index (Phi) is 4.32. The van der Waals surface area contributed by atoms with Crippen molar-refractivity contribution in [2.45, 2.75) is 6.92 Å². The Bertz CT molecular complexity index is 401. The van der Waals surface area contributed by atoms with Gasteiger partial charge in [-0.2, -0.15) is 0 Å². The van der Waals surface area contributed by atoms with Crippen molar-refractivity contribution in [3.63, 3.8) is 0 Å². The molecule has 1 rings (SSSR count). The molecule has 0 unspecified atom stereocenters. The third kappa shape index (κ3) is 2.73. The number of hydrogen-bond acceptors (Lipinski definition) is 4. The van der Waals surface area contributed by atoms with Crippen molar-refractivity contribution in [3.8, 4) is 5.75 Å². The molecule has 0 aliphatic heterocycles. The van der Waals surface area contributed by atoms with Gasteiger partial charge in [-0.25, -0.2) is 4.79 Å². The third-order valence-corrected chi connectivity index (χ3v) is 1.83. The summed E-state index contributed by atoms with van der Waals surface area (Å²) in [6.45, 7) is 2.28. The lowest BCUT2D eigenvalue weighted by Gasteiger charge is -2.08. The van der Waals surface area contributed by atoms with Gasteiger partial charge < -0.3 is 14.7 Å². The Morgan fingerprint density at radius 1 is 1.44 bits per heavy atom. The quantitative estimate of drug-likeness (QED) is 0.607. The van der Waals surface area contributed by atoms with E-state index in [1.54, 1.807) is 24.3 Å². The first-order valence-electron chi connectivity index (χ1n) is 4.77. The number of aliphatic carboxylic acids is 1. The number of carboxylic acid groups (broad SMARTS) is 1. The molecule has 0 aliphatic carbocycles. The van der Waals surface area contributed by atoms with Crippen molar-refractivity contribution in [1.29, 1.82) is 0 Å². The largest absolute Gasteiger partial charge is 0.493 e. The van der Waals surface area contributed by atoms with E-state index >= 15 is 0 Å². The van der Waals surface area contributed by atoms with Crippen LogP contribution in [-0.4, -0.2) is 30.5 Å². The number of hydrogen-bond donors (Lipinski definition) is 1. The van der Waals surface area contributed by atoms with Crippen molar-refractivity contribution >= 4 is 11.7 Å². The Hall–Kier alpha value is -2.04. The zero-order valence-corrected chi connectivity index (χ0v) is 9.14. The van der Waals surface area contributed by atoms with Crippen LogP contribution in [0.3, 0.4) is 0 Å². The standard InChI is InChI=1S/C11H13NO4/c1-3-16-9-7-5-4-6-8(9)10(11(13)14)12-15-2/h4-7H,3H2,1-2H3,(H,13,14)/b12-10+. The van der Waals surface area contributed by atoms with E-state index in [1.165, 1.54) is 7.11 Å². The van der Waals surface area contributed by atoms with Gasteiger partial charge in [-0.3, -0.25) is 0 Å². The van der Waals surface area contributed by atoms with Crippen LogP contribution >= 0.6 is 0 Å². The normalized spacial score (nSPS) is 11.0. The molecule has 0 saturated heterocycles. The molecule has 0 amide bonds. The van der Waals surface area contributed by atoms with Gasteiger partial charge in [0.1, 0.15) is 12.9 Å². The van der Waals surface area contributed by atoms with E-state index in [9.17, 15) is 4.79 Å². The van der Waals surface area contributed by atoms with E-state index in [1.807, 2.05) is 6.92 Å². The summed E-state index contributed by atoms with van der Waals surface area (Å²) in [6.07, 6.45) is 0. The topological polar surface area (TPSA) is 68.1 Å².